The first kappa shape index (κ1) is 15.6. The van der Waals surface area contributed by atoms with Crippen LogP contribution < -0.4 is 0 Å². The second-order valence-electron chi connectivity index (χ2n) is 6.69. The molecule has 0 N–H and O–H groups in total. The van der Waals surface area contributed by atoms with Crippen LogP contribution in [0.1, 0.15) is 43.9 Å². The first-order chi connectivity index (χ1) is 11.7. The van der Waals surface area contributed by atoms with E-state index in [1.54, 1.807) is 0 Å². The summed E-state index contributed by atoms with van der Waals surface area (Å²) in [5.74, 6) is 2.13. The monoisotopic (exact) mass is 345 g/mol. The van der Waals surface area contributed by atoms with Crippen LogP contribution in [0.25, 0.3) is 11.4 Å². The van der Waals surface area contributed by atoms with Gasteiger partial charge in [0.25, 0.3) is 0 Å². The summed E-state index contributed by atoms with van der Waals surface area (Å²) >= 11 is 5.91. The molecule has 6 heteroatoms. The summed E-state index contributed by atoms with van der Waals surface area (Å²) in [6, 6.07) is 7.41. The van der Waals surface area contributed by atoms with Crippen molar-refractivity contribution in [3.63, 3.8) is 0 Å². The lowest BCUT2D eigenvalue weighted by Gasteiger charge is -2.35. The maximum Gasteiger partial charge on any atom is 0.230 e. The van der Waals surface area contributed by atoms with Crippen molar-refractivity contribution >= 4 is 17.5 Å². The molecular formula is C18H20ClN3O2. The van der Waals surface area contributed by atoms with E-state index in [1.807, 2.05) is 29.2 Å². The zero-order valence-electron chi connectivity index (χ0n) is 13.4. The molecule has 24 heavy (non-hydrogen) atoms. The van der Waals surface area contributed by atoms with Crippen LogP contribution >= 0.6 is 11.6 Å². The van der Waals surface area contributed by atoms with Crippen molar-refractivity contribution in [3.8, 4) is 11.4 Å². The topological polar surface area (TPSA) is 59.2 Å². The Morgan fingerprint density at radius 3 is 2.46 bits per heavy atom. The molecule has 1 aliphatic carbocycles. The summed E-state index contributed by atoms with van der Waals surface area (Å²) in [6.45, 7) is 1.58. The lowest BCUT2D eigenvalue weighted by Crippen LogP contribution is -2.43. The van der Waals surface area contributed by atoms with Crippen LogP contribution in [0.4, 0.5) is 0 Å². The molecule has 1 saturated heterocycles. The van der Waals surface area contributed by atoms with Crippen molar-refractivity contribution in [1.82, 2.24) is 15.0 Å². The molecular weight excluding hydrogens is 326 g/mol. The van der Waals surface area contributed by atoms with Crippen molar-refractivity contribution in [2.24, 2.45) is 5.92 Å². The summed E-state index contributed by atoms with van der Waals surface area (Å²) in [5.41, 5.74) is 0.895. The lowest BCUT2D eigenvalue weighted by molar-refractivity contribution is -0.139. The van der Waals surface area contributed by atoms with Crippen LogP contribution in [0.15, 0.2) is 28.8 Å². The third-order valence-electron chi connectivity index (χ3n) is 5.15. The van der Waals surface area contributed by atoms with E-state index in [0.717, 1.165) is 44.3 Å². The van der Waals surface area contributed by atoms with Crippen LogP contribution in [-0.4, -0.2) is 34.0 Å². The fourth-order valence-electron chi connectivity index (χ4n) is 3.38. The van der Waals surface area contributed by atoms with E-state index >= 15 is 0 Å². The number of benzene rings is 1. The van der Waals surface area contributed by atoms with Crippen molar-refractivity contribution < 1.29 is 9.32 Å². The highest BCUT2D eigenvalue weighted by Crippen LogP contribution is 2.32. The quantitative estimate of drug-likeness (QED) is 0.846. The molecule has 0 spiro atoms. The number of nitrogens with zero attached hydrogens (tertiary/aromatic N) is 3. The number of carbonyl (C=O) groups excluding carboxylic acids is 1. The maximum atomic E-state index is 12.3. The molecule has 0 atom stereocenters. The minimum atomic E-state index is 0.240. The molecule has 2 aliphatic rings. The first-order valence-corrected chi connectivity index (χ1v) is 8.97. The lowest BCUT2D eigenvalue weighted by atomic mass is 9.83. The Labute approximate surface area is 146 Å². The number of carbonyl (C=O) groups is 1. The van der Waals surface area contributed by atoms with Crippen molar-refractivity contribution in [3.05, 3.63) is 35.2 Å². The SMILES string of the molecule is O=C(C1CCC1)N1CCC(c2nc(-c3ccc(Cl)cc3)no2)CC1. The number of piperidine rings is 1. The summed E-state index contributed by atoms with van der Waals surface area (Å²) in [7, 11) is 0. The molecule has 126 valence electrons. The predicted octanol–water partition coefficient (Wildman–Crippen LogP) is 3.90. The number of likely N-dealkylation sites (tertiary alicyclic amines) is 1. The van der Waals surface area contributed by atoms with Gasteiger partial charge >= 0.3 is 0 Å². The Morgan fingerprint density at radius 1 is 1.12 bits per heavy atom. The number of aromatic nitrogens is 2. The Kier molecular flexibility index (Phi) is 4.27. The zero-order chi connectivity index (χ0) is 16.5. The number of rotatable bonds is 3. The summed E-state index contributed by atoms with van der Waals surface area (Å²) in [4.78, 5) is 18.9. The Balaban J connectivity index is 1.39. The van der Waals surface area contributed by atoms with Gasteiger partial charge in [-0.3, -0.25) is 4.79 Å². The number of halogens is 1. The van der Waals surface area contributed by atoms with Gasteiger partial charge in [-0.15, -0.1) is 0 Å². The van der Waals surface area contributed by atoms with E-state index < -0.39 is 0 Å². The van der Waals surface area contributed by atoms with E-state index in [1.165, 1.54) is 6.42 Å². The molecule has 1 aromatic carbocycles. The first-order valence-electron chi connectivity index (χ1n) is 8.59. The Morgan fingerprint density at radius 2 is 1.83 bits per heavy atom. The van der Waals surface area contributed by atoms with Gasteiger partial charge in [0.15, 0.2) is 0 Å². The highest BCUT2D eigenvalue weighted by Gasteiger charge is 2.33. The van der Waals surface area contributed by atoms with Crippen LogP contribution in [-0.2, 0) is 4.79 Å². The second kappa shape index (κ2) is 6.55. The van der Waals surface area contributed by atoms with E-state index in [0.29, 0.717) is 22.6 Å². The molecule has 2 heterocycles. The Hall–Kier alpha value is -1.88. The smallest absolute Gasteiger partial charge is 0.230 e. The van der Waals surface area contributed by atoms with Gasteiger partial charge in [-0.25, -0.2) is 0 Å². The fourth-order valence-corrected chi connectivity index (χ4v) is 3.50. The van der Waals surface area contributed by atoms with E-state index in [-0.39, 0.29) is 11.8 Å². The molecule has 1 aromatic heterocycles. The third-order valence-corrected chi connectivity index (χ3v) is 5.41. The highest BCUT2D eigenvalue weighted by atomic mass is 35.5. The van der Waals surface area contributed by atoms with E-state index in [4.69, 9.17) is 16.1 Å². The predicted molar refractivity (Wildman–Crippen MR) is 90.6 cm³/mol. The Bertz CT molecular complexity index is 716. The number of hydrogen-bond acceptors (Lipinski definition) is 4. The van der Waals surface area contributed by atoms with Gasteiger partial charge in [-0.1, -0.05) is 23.2 Å². The van der Waals surface area contributed by atoms with Gasteiger partial charge in [0, 0.05) is 35.5 Å². The van der Waals surface area contributed by atoms with Gasteiger partial charge < -0.3 is 9.42 Å². The van der Waals surface area contributed by atoms with Crippen LogP contribution in [0.3, 0.4) is 0 Å². The third kappa shape index (κ3) is 3.05. The minimum absolute atomic E-state index is 0.240. The van der Waals surface area contributed by atoms with Crippen molar-refractivity contribution in [2.45, 2.75) is 38.0 Å². The molecule has 4 rings (SSSR count). The second-order valence-corrected chi connectivity index (χ2v) is 7.13. The summed E-state index contributed by atoms with van der Waals surface area (Å²) < 4.78 is 5.47. The molecule has 5 nitrogen and oxygen atoms in total. The number of amides is 1. The molecule has 0 unspecified atom stereocenters. The van der Waals surface area contributed by atoms with Crippen LogP contribution in [0, 0.1) is 5.92 Å². The largest absolute Gasteiger partial charge is 0.342 e. The highest BCUT2D eigenvalue weighted by molar-refractivity contribution is 6.30. The van der Waals surface area contributed by atoms with Gasteiger partial charge in [0.1, 0.15) is 0 Å². The van der Waals surface area contributed by atoms with Gasteiger partial charge in [-0.2, -0.15) is 4.98 Å². The van der Waals surface area contributed by atoms with E-state index in [2.05, 4.69) is 10.1 Å². The fraction of sp³-hybridized carbons (Fsp3) is 0.500. The zero-order valence-corrected chi connectivity index (χ0v) is 14.2. The average Bonchev–Trinajstić information content (AvgIpc) is 3.04. The van der Waals surface area contributed by atoms with Gasteiger partial charge in [0.05, 0.1) is 0 Å². The number of hydrogen-bond donors (Lipinski definition) is 0. The van der Waals surface area contributed by atoms with Crippen LogP contribution in [0.5, 0.6) is 0 Å². The summed E-state index contributed by atoms with van der Waals surface area (Å²) in [6.07, 6.45) is 5.10. The molecule has 0 radical (unpaired) electrons. The maximum absolute atomic E-state index is 12.3. The molecule has 1 amide bonds. The van der Waals surface area contributed by atoms with Gasteiger partial charge in [-0.05, 0) is 49.9 Å². The molecule has 2 fully saturated rings. The van der Waals surface area contributed by atoms with Crippen molar-refractivity contribution in [2.75, 3.05) is 13.1 Å². The van der Waals surface area contributed by atoms with Crippen LogP contribution in [0.2, 0.25) is 5.02 Å². The minimum Gasteiger partial charge on any atom is -0.342 e. The molecule has 1 saturated carbocycles. The molecule has 1 aliphatic heterocycles. The normalized spacial score (nSPS) is 19.3. The standard InChI is InChI=1S/C18H20ClN3O2/c19-15-6-4-12(5-7-15)16-20-17(24-21-16)13-8-10-22(11-9-13)18(23)14-2-1-3-14/h4-7,13-14H,1-3,8-11H2. The summed E-state index contributed by atoms with van der Waals surface area (Å²) in [5, 5.41) is 4.77. The molecule has 0 bridgehead atoms. The molecule has 2 aromatic rings. The average molecular weight is 346 g/mol. The van der Waals surface area contributed by atoms with Gasteiger partial charge in [0.2, 0.25) is 17.6 Å². The van der Waals surface area contributed by atoms with Crippen molar-refractivity contribution in [1.29, 1.82) is 0 Å². The van der Waals surface area contributed by atoms with E-state index in [9.17, 15) is 4.79 Å².